The second-order valence-electron chi connectivity index (χ2n) is 19.3. The van der Waals surface area contributed by atoms with Crippen LogP contribution >= 0.6 is 19.3 Å². The van der Waals surface area contributed by atoms with Crippen LogP contribution in [0.25, 0.3) is 0 Å². The Hall–Kier alpha value is -4.27. The van der Waals surface area contributed by atoms with Crippen molar-refractivity contribution in [2.24, 2.45) is 0 Å². The molecule has 5 aliphatic heterocycles. The highest BCUT2D eigenvalue weighted by Gasteiger charge is 2.59. The van der Waals surface area contributed by atoms with Gasteiger partial charge in [-0.15, -0.1) is 11.8 Å². The van der Waals surface area contributed by atoms with Crippen molar-refractivity contribution in [3.05, 3.63) is 95.6 Å². The van der Waals surface area contributed by atoms with E-state index in [0.29, 0.717) is 37.8 Å². The fraction of sp³-hybridized carbons (Fsp3) is 0.560. The van der Waals surface area contributed by atoms with Crippen molar-refractivity contribution in [1.29, 1.82) is 0 Å². The van der Waals surface area contributed by atoms with Gasteiger partial charge in [0.05, 0.1) is 18.0 Å². The Morgan fingerprint density at radius 1 is 1.02 bits per heavy atom. The molecule has 3 aromatic rings. The molecule has 5 fully saturated rings. The van der Waals surface area contributed by atoms with Crippen LogP contribution in [0.4, 0.5) is 4.39 Å². The molecule has 2 N–H and O–H groups in total. The summed E-state index contributed by atoms with van der Waals surface area (Å²) >= 11 is 1.34. The number of thioether (sulfide) groups is 1. The van der Waals surface area contributed by atoms with E-state index >= 15 is 4.39 Å². The van der Waals surface area contributed by atoms with Crippen LogP contribution in [0.15, 0.2) is 83.8 Å². The molecule has 10 atom stereocenters. The molecule has 9 rings (SSSR count). The maximum absolute atomic E-state index is 16.7. The number of carbonyl (C=O) groups is 4. The highest BCUT2D eigenvalue weighted by atomic mass is 32.2. The van der Waals surface area contributed by atoms with Crippen LogP contribution in [-0.4, -0.2) is 119 Å². The predicted octanol–water partition coefficient (Wildman–Crippen LogP) is 7.54. The van der Waals surface area contributed by atoms with Crippen molar-refractivity contribution in [3.8, 4) is 5.75 Å². The topological polar surface area (TPSA) is 147 Å². The predicted molar refractivity (Wildman–Crippen MR) is 250 cm³/mol. The third-order valence-electron chi connectivity index (χ3n) is 14.6. The quantitative estimate of drug-likeness (QED) is 0.109. The third kappa shape index (κ3) is 9.84. The number of esters is 1. The molecular weight excluding hydrogens is 881 g/mol. The first-order chi connectivity index (χ1) is 31.8. The van der Waals surface area contributed by atoms with Crippen molar-refractivity contribution < 1.29 is 42.1 Å². The summed E-state index contributed by atoms with van der Waals surface area (Å²) in [6.07, 6.45) is 8.12. The number of halogens is 1. The molecule has 2 unspecified atom stereocenters. The molecule has 66 heavy (non-hydrogen) atoms. The Kier molecular flexibility index (Phi) is 14.0. The minimum Gasteiger partial charge on any atom is -0.465 e. The smallest absolute Gasteiger partial charge is 0.355 e. The molecule has 354 valence electrons. The van der Waals surface area contributed by atoms with E-state index < -0.39 is 42.8 Å². The zero-order valence-corrected chi connectivity index (χ0v) is 39.9. The van der Waals surface area contributed by atoms with Crippen LogP contribution < -0.4 is 14.9 Å². The summed E-state index contributed by atoms with van der Waals surface area (Å²) in [6.45, 7) is 5.68. The molecule has 0 bridgehead atoms. The summed E-state index contributed by atoms with van der Waals surface area (Å²) in [5.74, 6) is -2.89. The van der Waals surface area contributed by atoms with E-state index in [9.17, 15) is 23.7 Å². The first-order valence-electron chi connectivity index (χ1n) is 23.9. The number of amides is 3. The van der Waals surface area contributed by atoms with Gasteiger partial charge in [0.15, 0.2) is 0 Å². The van der Waals surface area contributed by atoms with Crippen molar-refractivity contribution >= 4 is 43.0 Å². The van der Waals surface area contributed by atoms with Crippen LogP contribution in [0.3, 0.4) is 0 Å². The van der Waals surface area contributed by atoms with Gasteiger partial charge in [0, 0.05) is 48.1 Å². The fourth-order valence-corrected chi connectivity index (χ4v) is 13.9. The number of alkyl halides is 1. The number of para-hydroxylation sites is 1. The number of rotatable bonds is 16. The SMILES string of the molecule is CCCOC(=O)[C@H](C)NP(=O)(Oc1ccccc1)[C@@H](F)c1ccc2c(c1)CC(C(=O)N[C@H]1CC[C@H](N(C)C[C@H]3CCO3)C[C@H]3CC[C@@H](C(=O)N4C[C@H](c5ccccc5)CC45CC5)N3C1=O)S2. The number of fused-ring (bicyclic) bond motifs is 2. The molecule has 0 aromatic heterocycles. The van der Waals surface area contributed by atoms with Crippen molar-refractivity contribution in [1.82, 2.24) is 25.1 Å². The zero-order valence-electron chi connectivity index (χ0n) is 38.1. The van der Waals surface area contributed by atoms with Crippen LogP contribution in [0.5, 0.6) is 5.75 Å². The van der Waals surface area contributed by atoms with Gasteiger partial charge in [-0.2, -0.15) is 0 Å². The van der Waals surface area contributed by atoms with Gasteiger partial charge in [0.1, 0.15) is 23.9 Å². The number of hydrogen-bond acceptors (Lipinski definition) is 10. The number of likely N-dealkylation sites (tertiary alicyclic amines) is 1. The summed E-state index contributed by atoms with van der Waals surface area (Å²) in [6, 6.07) is 20.9. The van der Waals surface area contributed by atoms with Crippen LogP contribution in [0.2, 0.25) is 0 Å². The Morgan fingerprint density at radius 3 is 2.45 bits per heavy atom. The number of benzene rings is 3. The van der Waals surface area contributed by atoms with E-state index in [1.807, 2.05) is 17.9 Å². The van der Waals surface area contributed by atoms with Gasteiger partial charge in [-0.3, -0.25) is 23.7 Å². The first-order valence-corrected chi connectivity index (χ1v) is 26.4. The molecule has 13 nitrogen and oxygen atoms in total. The van der Waals surface area contributed by atoms with Gasteiger partial charge in [-0.05, 0) is 119 Å². The van der Waals surface area contributed by atoms with Crippen molar-refractivity contribution in [2.45, 2.75) is 148 Å². The maximum Gasteiger partial charge on any atom is 0.355 e. The molecule has 16 heteroatoms. The van der Waals surface area contributed by atoms with E-state index in [2.05, 4.69) is 51.5 Å². The Bertz CT molecular complexity index is 2300. The molecule has 1 aliphatic carbocycles. The van der Waals surface area contributed by atoms with Crippen molar-refractivity contribution in [2.75, 3.05) is 33.4 Å². The molecule has 5 heterocycles. The minimum atomic E-state index is -4.45. The van der Waals surface area contributed by atoms with Gasteiger partial charge in [-0.1, -0.05) is 67.6 Å². The van der Waals surface area contributed by atoms with Crippen molar-refractivity contribution in [3.63, 3.8) is 0 Å². The summed E-state index contributed by atoms with van der Waals surface area (Å²) < 4.78 is 48.1. The lowest BCUT2D eigenvalue weighted by Gasteiger charge is -2.42. The fourth-order valence-electron chi connectivity index (χ4n) is 10.8. The average Bonchev–Trinajstić information content (AvgIpc) is 3.58. The van der Waals surface area contributed by atoms with E-state index in [1.165, 1.54) is 30.3 Å². The summed E-state index contributed by atoms with van der Waals surface area (Å²) in [5, 5.41) is 5.18. The molecular formula is C50H63FN5O8PS. The minimum absolute atomic E-state index is 0.0313. The average molecular weight is 944 g/mol. The van der Waals surface area contributed by atoms with E-state index in [-0.39, 0.29) is 71.7 Å². The molecule has 3 aromatic carbocycles. The lowest BCUT2D eigenvalue weighted by atomic mass is 9.93. The normalized spacial score (nSPS) is 28.3. The Balaban J connectivity index is 0.914. The highest BCUT2D eigenvalue weighted by Crippen LogP contribution is 2.58. The van der Waals surface area contributed by atoms with Crippen LogP contribution in [0.1, 0.15) is 107 Å². The number of carbonyl (C=O) groups excluding carboxylic acids is 4. The molecule has 3 amide bonds. The largest absolute Gasteiger partial charge is 0.465 e. The highest BCUT2D eigenvalue weighted by molar-refractivity contribution is 8.01. The van der Waals surface area contributed by atoms with E-state index in [4.69, 9.17) is 14.0 Å². The Labute approximate surface area is 391 Å². The number of hydrogen-bond donors (Lipinski definition) is 2. The van der Waals surface area contributed by atoms with Gasteiger partial charge in [-0.25, -0.2) is 9.48 Å². The second kappa shape index (κ2) is 19.8. The zero-order chi connectivity index (χ0) is 46.2. The molecule has 1 saturated carbocycles. The molecule has 0 radical (unpaired) electrons. The lowest BCUT2D eigenvalue weighted by molar-refractivity contribution is -0.149. The number of ether oxygens (including phenoxy) is 2. The number of likely N-dealkylation sites (N-methyl/N-ethyl adjacent to an activating group) is 1. The summed E-state index contributed by atoms with van der Waals surface area (Å²) in [5.41, 5.74) is 1.86. The number of nitrogens with zero attached hydrogens (tertiary/aromatic N) is 3. The van der Waals surface area contributed by atoms with E-state index in [0.717, 1.165) is 56.6 Å². The van der Waals surface area contributed by atoms with Gasteiger partial charge in [0.2, 0.25) is 23.6 Å². The molecule has 6 aliphatic rings. The molecule has 4 saturated heterocycles. The van der Waals surface area contributed by atoms with E-state index in [1.54, 1.807) is 42.5 Å². The third-order valence-corrected chi connectivity index (χ3v) is 18.1. The monoisotopic (exact) mass is 943 g/mol. The van der Waals surface area contributed by atoms with Gasteiger partial charge in [0.25, 0.3) is 0 Å². The summed E-state index contributed by atoms with van der Waals surface area (Å²) in [4.78, 5) is 63.9. The van der Waals surface area contributed by atoms with Crippen LogP contribution in [0, 0.1) is 0 Å². The first kappa shape index (κ1) is 46.8. The van der Waals surface area contributed by atoms with Crippen LogP contribution in [-0.2, 0) is 39.6 Å². The number of nitrogens with one attached hydrogen (secondary N) is 2. The summed E-state index contributed by atoms with van der Waals surface area (Å²) in [7, 11) is -2.33. The van der Waals surface area contributed by atoms with Gasteiger partial charge >= 0.3 is 13.5 Å². The standard InChI is InChI=1S/C50H63FN5O8PS/c1-4-24-63-49(60)32(2)53-65(61,64-39-13-9-6-10-14-39)45(51)34-15-20-43-35(26-34)27-44(66-43)46(57)52-41-18-16-37(54(3)31-40-21-25-62-40)28-38-17-19-42(56(38)47(41)58)48(59)55-30-36(29-50(55)22-23-50)33-11-7-5-8-12-33/h5-15,20,26,32,36-38,40-42,44-45H,4,16-19,21-25,27-31H2,1-3H3,(H,52,57)(H,53,61)/t32-,36+,37-,38+,40+,41-,42-,44?,45+,65?/m0/s1. The van der Waals surface area contributed by atoms with Gasteiger partial charge < -0.3 is 34.0 Å². The maximum atomic E-state index is 16.7. The Morgan fingerprint density at radius 2 is 1.76 bits per heavy atom. The second-order valence-corrected chi connectivity index (χ2v) is 22.6. The molecule has 1 spiro atoms. The lowest BCUT2D eigenvalue weighted by Crippen LogP contribution is -2.59.